The van der Waals surface area contributed by atoms with E-state index < -0.39 is 0 Å². The van der Waals surface area contributed by atoms with Crippen molar-refractivity contribution in [2.24, 2.45) is 5.73 Å². The number of nitrogens with two attached hydrogens (primary N) is 1. The predicted molar refractivity (Wildman–Crippen MR) is 138 cm³/mol. The molecule has 0 bridgehead atoms. The molecule has 0 amide bonds. The molecular formula is C25H30BrN5O4. The highest BCUT2D eigenvalue weighted by molar-refractivity contribution is 9.10. The fourth-order valence-corrected chi connectivity index (χ4v) is 3.93. The van der Waals surface area contributed by atoms with Crippen LogP contribution in [-0.4, -0.2) is 61.4 Å². The van der Waals surface area contributed by atoms with Gasteiger partial charge in [0.25, 0.3) is 0 Å². The fourth-order valence-electron chi connectivity index (χ4n) is 3.66. The SMILES string of the molecule is COc1cc(Oc2cc(Nc3ccc(Br)cc3)ncn2)c(CN)cc1OCCCN1CCOCC1. The summed E-state index contributed by atoms with van der Waals surface area (Å²) in [4.78, 5) is 10.9. The number of ether oxygens (including phenoxy) is 4. The lowest BCUT2D eigenvalue weighted by Gasteiger charge is -2.26. The van der Waals surface area contributed by atoms with E-state index in [0.717, 1.165) is 55.0 Å². The summed E-state index contributed by atoms with van der Waals surface area (Å²) in [5, 5.41) is 3.24. The molecule has 0 saturated carbocycles. The Bertz CT molecular complexity index is 1090. The van der Waals surface area contributed by atoms with E-state index in [1.54, 1.807) is 19.2 Å². The number of morpholine rings is 1. The molecule has 10 heteroatoms. The summed E-state index contributed by atoms with van der Waals surface area (Å²) in [5.41, 5.74) is 7.70. The van der Waals surface area contributed by atoms with Crippen LogP contribution in [0.4, 0.5) is 11.5 Å². The Morgan fingerprint density at radius 2 is 1.86 bits per heavy atom. The van der Waals surface area contributed by atoms with E-state index >= 15 is 0 Å². The lowest BCUT2D eigenvalue weighted by Crippen LogP contribution is -2.37. The van der Waals surface area contributed by atoms with Gasteiger partial charge in [-0.1, -0.05) is 15.9 Å². The quantitative estimate of drug-likeness (QED) is 0.341. The zero-order chi connectivity index (χ0) is 24.5. The third-order valence-electron chi connectivity index (χ3n) is 5.52. The molecule has 35 heavy (non-hydrogen) atoms. The van der Waals surface area contributed by atoms with Crippen molar-refractivity contribution in [1.82, 2.24) is 14.9 Å². The van der Waals surface area contributed by atoms with Crippen molar-refractivity contribution in [1.29, 1.82) is 0 Å². The van der Waals surface area contributed by atoms with Gasteiger partial charge in [-0.2, -0.15) is 0 Å². The molecule has 1 aliphatic rings. The van der Waals surface area contributed by atoms with Crippen LogP contribution in [0.1, 0.15) is 12.0 Å². The van der Waals surface area contributed by atoms with Crippen molar-refractivity contribution in [3.05, 3.63) is 58.8 Å². The molecular weight excluding hydrogens is 514 g/mol. The Hall–Kier alpha value is -2.92. The monoisotopic (exact) mass is 543 g/mol. The molecule has 1 saturated heterocycles. The van der Waals surface area contributed by atoms with Gasteiger partial charge in [-0.15, -0.1) is 0 Å². The first-order valence-electron chi connectivity index (χ1n) is 11.5. The van der Waals surface area contributed by atoms with Crippen LogP contribution in [0.15, 0.2) is 53.3 Å². The fraction of sp³-hybridized carbons (Fsp3) is 0.360. The van der Waals surface area contributed by atoms with Gasteiger partial charge in [-0.25, -0.2) is 9.97 Å². The van der Waals surface area contributed by atoms with Crippen molar-refractivity contribution in [3.8, 4) is 23.1 Å². The van der Waals surface area contributed by atoms with Crippen LogP contribution in [0.3, 0.4) is 0 Å². The van der Waals surface area contributed by atoms with E-state index in [4.69, 9.17) is 24.7 Å². The third kappa shape index (κ3) is 7.28. The molecule has 0 atom stereocenters. The number of methoxy groups -OCH3 is 1. The van der Waals surface area contributed by atoms with E-state index in [1.165, 1.54) is 6.33 Å². The van der Waals surface area contributed by atoms with Crippen molar-refractivity contribution < 1.29 is 18.9 Å². The molecule has 0 aliphatic carbocycles. The maximum atomic E-state index is 6.07. The second-order valence-electron chi connectivity index (χ2n) is 7.95. The Balaban J connectivity index is 1.41. The minimum Gasteiger partial charge on any atom is -0.493 e. The first-order chi connectivity index (χ1) is 17.1. The Morgan fingerprint density at radius 1 is 1.06 bits per heavy atom. The normalized spacial score (nSPS) is 13.9. The second kappa shape index (κ2) is 12.7. The highest BCUT2D eigenvalue weighted by atomic mass is 79.9. The highest BCUT2D eigenvalue weighted by Gasteiger charge is 2.15. The van der Waals surface area contributed by atoms with Crippen LogP contribution in [-0.2, 0) is 11.3 Å². The van der Waals surface area contributed by atoms with Crippen LogP contribution in [0.2, 0.25) is 0 Å². The van der Waals surface area contributed by atoms with Crippen molar-refractivity contribution in [3.63, 3.8) is 0 Å². The summed E-state index contributed by atoms with van der Waals surface area (Å²) >= 11 is 3.43. The number of nitrogens with one attached hydrogen (secondary N) is 1. The molecule has 0 unspecified atom stereocenters. The molecule has 3 aromatic rings. The highest BCUT2D eigenvalue weighted by Crippen LogP contribution is 2.37. The van der Waals surface area contributed by atoms with E-state index in [-0.39, 0.29) is 6.54 Å². The molecule has 2 aromatic carbocycles. The minimum atomic E-state index is 0.276. The number of nitrogens with zero attached hydrogens (tertiary/aromatic N) is 3. The summed E-state index contributed by atoms with van der Waals surface area (Å²) in [6.45, 7) is 5.36. The third-order valence-corrected chi connectivity index (χ3v) is 6.05. The van der Waals surface area contributed by atoms with E-state index in [9.17, 15) is 0 Å². The van der Waals surface area contributed by atoms with Crippen LogP contribution in [0.5, 0.6) is 23.1 Å². The first-order valence-corrected chi connectivity index (χ1v) is 12.3. The van der Waals surface area contributed by atoms with Crippen LogP contribution in [0.25, 0.3) is 0 Å². The van der Waals surface area contributed by atoms with E-state index in [2.05, 4.69) is 36.1 Å². The number of hydrogen-bond donors (Lipinski definition) is 2. The van der Waals surface area contributed by atoms with Crippen molar-refractivity contribution in [2.45, 2.75) is 13.0 Å². The lowest BCUT2D eigenvalue weighted by atomic mass is 10.1. The lowest BCUT2D eigenvalue weighted by molar-refractivity contribution is 0.0357. The predicted octanol–water partition coefficient (Wildman–Crippen LogP) is 4.34. The van der Waals surface area contributed by atoms with Crippen molar-refractivity contribution in [2.75, 3.05) is 51.9 Å². The molecule has 3 N–H and O–H groups in total. The number of aromatic nitrogens is 2. The van der Waals surface area contributed by atoms with Crippen LogP contribution >= 0.6 is 15.9 Å². The van der Waals surface area contributed by atoms with Gasteiger partial charge >= 0.3 is 0 Å². The largest absolute Gasteiger partial charge is 0.493 e. The summed E-state index contributed by atoms with van der Waals surface area (Å²) in [5.74, 6) is 2.76. The molecule has 9 nitrogen and oxygen atoms in total. The number of rotatable bonds is 11. The standard InChI is InChI=1S/C25H30BrN5O4/c1-32-22-14-21(18(16-27)13-23(22)34-10-2-7-31-8-11-33-12-9-31)35-25-15-24(28-17-29-25)30-20-5-3-19(26)4-6-20/h3-6,13-15,17H,2,7-12,16,27H2,1H3,(H,28,29,30). The molecule has 0 radical (unpaired) electrons. The van der Waals surface area contributed by atoms with E-state index in [1.807, 2.05) is 30.3 Å². The van der Waals surface area contributed by atoms with Gasteiger partial charge < -0.3 is 30.0 Å². The zero-order valence-corrected chi connectivity index (χ0v) is 21.3. The number of hydrogen-bond acceptors (Lipinski definition) is 9. The van der Waals surface area contributed by atoms with Gasteiger partial charge in [0.1, 0.15) is 17.9 Å². The van der Waals surface area contributed by atoms with Crippen LogP contribution < -0.4 is 25.3 Å². The average Bonchev–Trinajstić information content (AvgIpc) is 2.89. The number of anilines is 2. The summed E-state index contributed by atoms with van der Waals surface area (Å²) in [6, 6.07) is 13.2. The maximum absolute atomic E-state index is 6.07. The zero-order valence-electron chi connectivity index (χ0n) is 19.7. The Kier molecular flexibility index (Phi) is 9.13. The van der Waals surface area contributed by atoms with Crippen molar-refractivity contribution >= 4 is 27.4 Å². The molecule has 1 fully saturated rings. The van der Waals surface area contributed by atoms with E-state index in [0.29, 0.717) is 35.6 Å². The van der Waals surface area contributed by atoms with Gasteiger partial charge in [0.15, 0.2) is 11.5 Å². The maximum Gasteiger partial charge on any atom is 0.224 e. The number of halogens is 1. The van der Waals surface area contributed by atoms with Gasteiger partial charge in [-0.05, 0) is 36.8 Å². The van der Waals surface area contributed by atoms with Crippen LogP contribution in [0, 0.1) is 0 Å². The molecule has 4 rings (SSSR count). The Labute approximate surface area is 213 Å². The smallest absolute Gasteiger partial charge is 0.224 e. The molecule has 1 aromatic heterocycles. The van der Waals surface area contributed by atoms with Gasteiger partial charge in [0.2, 0.25) is 5.88 Å². The van der Waals surface area contributed by atoms with Gasteiger partial charge in [0, 0.05) is 54.0 Å². The first kappa shape index (κ1) is 25.2. The molecule has 1 aliphatic heterocycles. The molecule has 0 spiro atoms. The molecule has 186 valence electrons. The van der Waals surface area contributed by atoms with Gasteiger partial charge in [0.05, 0.1) is 26.9 Å². The summed E-state index contributed by atoms with van der Waals surface area (Å²) < 4.78 is 24.1. The summed E-state index contributed by atoms with van der Waals surface area (Å²) in [7, 11) is 1.60. The minimum absolute atomic E-state index is 0.276. The number of benzene rings is 2. The van der Waals surface area contributed by atoms with Gasteiger partial charge in [-0.3, -0.25) is 4.90 Å². The summed E-state index contributed by atoms with van der Waals surface area (Å²) in [6.07, 6.45) is 2.36. The molecule has 2 heterocycles. The topological polar surface area (TPSA) is 104 Å². The second-order valence-corrected chi connectivity index (χ2v) is 8.86. The Morgan fingerprint density at radius 3 is 2.60 bits per heavy atom. The average molecular weight is 544 g/mol.